The Morgan fingerprint density at radius 2 is 1.94 bits per heavy atom. The largest absolute Gasteiger partial charge is 0.356 e. The highest BCUT2D eigenvalue weighted by Gasteiger charge is 2.32. The third-order valence-corrected chi connectivity index (χ3v) is 5.11. The van der Waals surface area contributed by atoms with Crippen LogP contribution in [0.25, 0.3) is 17.1 Å². The lowest BCUT2D eigenvalue weighted by Gasteiger charge is -2.35. The summed E-state index contributed by atoms with van der Waals surface area (Å²) in [5.74, 6) is -1.72. The topological polar surface area (TPSA) is 104 Å². The normalized spacial score (nSPS) is 16.2. The molecule has 0 saturated carbocycles. The molecule has 1 atom stereocenters. The molecule has 12 heteroatoms. The fourth-order valence-electron chi connectivity index (χ4n) is 3.58. The van der Waals surface area contributed by atoms with Gasteiger partial charge in [-0.2, -0.15) is 19.7 Å². The van der Waals surface area contributed by atoms with Crippen molar-refractivity contribution in [2.24, 2.45) is 0 Å². The van der Waals surface area contributed by atoms with Gasteiger partial charge in [0, 0.05) is 12.7 Å². The molecule has 4 aromatic heterocycles. The van der Waals surface area contributed by atoms with E-state index in [1.165, 1.54) is 40.3 Å². The molecule has 4 aromatic rings. The van der Waals surface area contributed by atoms with Gasteiger partial charge >= 0.3 is 0 Å². The molecular formula is C21H18F2N8O2. The molecule has 0 radical (unpaired) electrons. The maximum atomic E-state index is 13.9. The molecule has 1 saturated heterocycles. The van der Waals surface area contributed by atoms with Crippen molar-refractivity contribution in [2.45, 2.75) is 19.2 Å². The van der Waals surface area contributed by atoms with Gasteiger partial charge in [0.2, 0.25) is 5.95 Å². The van der Waals surface area contributed by atoms with Gasteiger partial charge < -0.3 is 9.64 Å². The van der Waals surface area contributed by atoms with Crippen LogP contribution in [0.3, 0.4) is 0 Å². The average molecular weight is 452 g/mol. The summed E-state index contributed by atoms with van der Waals surface area (Å²) >= 11 is 0. The number of carbonyl (C=O) groups is 1. The SMILES string of the molecule is O=C(c1nc(F)ccc1-n1nccn1)N1CCCOC1Cn1ccc(-c2ccc(F)cn2)n1. The Morgan fingerprint density at radius 1 is 1.09 bits per heavy atom. The standard InChI is InChI=1S/C21H18F2N8O2/c22-14-2-3-15(24-12-14)16-6-10-29(28-16)13-19-30(9-1-11-33-19)21(32)20-17(4-5-18(23)27-20)31-25-7-8-26-31/h2-8,10,12,19H,1,9,11,13H2. The molecule has 0 N–H and O–H groups in total. The Hall–Kier alpha value is -4.06. The van der Waals surface area contributed by atoms with E-state index < -0.39 is 23.9 Å². The van der Waals surface area contributed by atoms with E-state index in [1.54, 1.807) is 16.9 Å². The summed E-state index contributed by atoms with van der Waals surface area (Å²) in [6.45, 7) is 1.10. The first-order chi connectivity index (χ1) is 16.1. The second kappa shape index (κ2) is 8.82. The summed E-state index contributed by atoms with van der Waals surface area (Å²) < 4.78 is 34.5. The van der Waals surface area contributed by atoms with Gasteiger partial charge in [-0.05, 0) is 36.8 Å². The Morgan fingerprint density at radius 3 is 2.73 bits per heavy atom. The molecule has 33 heavy (non-hydrogen) atoms. The lowest BCUT2D eigenvalue weighted by atomic mass is 10.2. The van der Waals surface area contributed by atoms with E-state index >= 15 is 0 Å². The van der Waals surface area contributed by atoms with Crippen LogP contribution in [0.1, 0.15) is 16.9 Å². The highest BCUT2D eigenvalue weighted by Crippen LogP contribution is 2.21. The van der Waals surface area contributed by atoms with Crippen LogP contribution in [0.2, 0.25) is 0 Å². The van der Waals surface area contributed by atoms with Crippen molar-refractivity contribution in [3.05, 3.63) is 72.6 Å². The number of pyridine rings is 2. The van der Waals surface area contributed by atoms with Crippen molar-refractivity contribution in [2.75, 3.05) is 13.2 Å². The second-order valence-electron chi connectivity index (χ2n) is 7.28. The molecule has 0 aliphatic carbocycles. The minimum atomic E-state index is -0.785. The third kappa shape index (κ3) is 4.32. The van der Waals surface area contributed by atoms with Gasteiger partial charge in [0.05, 0.1) is 37.4 Å². The molecule has 168 valence electrons. The molecule has 1 aliphatic rings. The molecule has 10 nitrogen and oxygen atoms in total. The summed E-state index contributed by atoms with van der Waals surface area (Å²) in [5.41, 5.74) is 1.23. The maximum Gasteiger partial charge on any atom is 0.276 e. The molecule has 5 heterocycles. The van der Waals surface area contributed by atoms with Gasteiger partial charge in [-0.3, -0.25) is 14.5 Å². The zero-order valence-electron chi connectivity index (χ0n) is 17.3. The monoisotopic (exact) mass is 452 g/mol. The van der Waals surface area contributed by atoms with Crippen molar-refractivity contribution in [3.63, 3.8) is 0 Å². The zero-order chi connectivity index (χ0) is 22.8. The number of halogens is 2. The summed E-state index contributed by atoms with van der Waals surface area (Å²) in [5, 5.41) is 12.5. The van der Waals surface area contributed by atoms with Crippen LogP contribution in [0.4, 0.5) is 8.78 Å². The molecule has 1 amide bonds. The Bertz CT molecular complexity index is 1260. The highest BCUT2D eigenvalue weighted by molar-refractivity contribution is 5.95. The minimum Gasteiger partial charge on any atom is -0.356 e. The van der Waals surface area contributed by atoms with Gasteiger partial charge in [-0.1, -0.05) is 0 Å². The van der Waals surface area contributed by atoms with Gasteiger partial charge in [-0.25, -0.2) is 9.37 Å². The fraction of sp³-hybridized carbons (Fsp3) is 0.238. The van der Waals surface area contributed by atoms with Crippen LogP contribution >= 0.6 is 0 Å². The predicted octanol–water partition coefficient (Wildman–Crippen LogP) is 2.09. The summed E-state index contributed by atoms with van der Waals surface area (Å²) in [4.78, 5) is 24.0. The number of aromatic nitrogens is 7. The molecule has 0 aromatic carbocycles. The zero-order valence-corrected chi connectivity index (χ0v) is 17.3. The lowest BCUT2D eigenvalue weighted by molar-refractivity contribution is -0.0863. The van der Waals surface area contributed by atoms with Crippen molar-refractivity contribution < 1.29 is 18.3 Å². The number of hydrogen-bond donors (Lipinski definition) is 0. The van der Waals surface area contributed by atoms with Crippen LogP contribution < -0.4 is 0 Å². The molecule has 5 rings (SSSR count). The lowest BCUT2D eigenvalue weighted by Crippen LogP contribution is -2.49. The van der Waals surface area contributed by atoms with Crippen LogP contribution in [-0.2, 0) is 11.3 Å². The molecule has 1 fully saturated rings. The van der Waals surface area contributed by atoms with Crippen LogP contribution in [0.15, 0.2) is 55.1 Å². The van der Waals surface area contributed by atoms with E-state index in [0.29, 0.717) is 31.0 Å². The van der Waals surface area contributed by atoms with Gasteiger partial charge in [0.1, 0.15) is 17.2 Å². The number of carbonyl (C=O) groups excluding carboxylic acids is 1. The number of hydrogen-bond acceptors (Lipinski definition) is 7. The van der Waals surface area contributed by atoms with Crippen LogP contribution in [0.5, 0.6) is 0 Å². The molecule has 0 spiro atoms. The summed E-state index contributed by atoms with van der Waals surface area (Å²) in [7, 11) is 0. The molecule has 1 unspecified atom stereocenters. The van der Waals surface area contributed by atoms with E-state index in [2.05, 4.69) is 25.3 Å². The van der Waals surface area contributed by atoms with Gasteiger partial charge in [-0.15, -0.1) is 4.80 Å². The Labute approximate surface area is 186 Å². The number of nitrogens with zero attached hydrogens (tertiary/aromatic N) is 8. The van der Waals surface area contributed by atoms with E-state index in [1.807, 2.05) is 0 Å². The first-order valence-electron chi connectivity index (χ1n) is 10.2. The Balaban J connectivity index is 1.39. The predicted molar refractivity (Wildman–Crippen MR) is 110 cm³/mol. The van der Waals surface area contributed by atoms with E-state index in [4.69, 9.17) is 4.74 Å². The minimum absolute atomic E-state index is 0.113. The fourth-order valence-corrected chi connectivity index (χ4v) is 3.58. The number of rotatable bonds is 5. The van der Waals surface area contributed by atoms with Crippen molar-refractivity contribution >= 4 is 5.91 Å². The molecular weight excluding hydrogens is 434 g/mol. The summed E-state index contributed by atoms with van der Waals surface area (Å²) in [6, 6.07) is 7.14. The second-order valence-corrected chi connectivity index (χ2v) is 7.28. The van der Waals surface area contributed by atoms with Crippen LogP contribution in [0, 0.1) is 11.8 Å². The number of amides is 1. The quantitative estimate of drug-likeness (QED) is 0.427. The first-order valence-corrected chi connectivity index (χ1v) is 10.2. The summed E-state index contributed by atoms with van der Waals surface area (Å²) in [6.07, 6.45) is 5.73. The van der Waals surface area contributed by atoms with E-state index in [9.17, 15) is 13.6 Å². The average Bonchev–Trinajstić information content (AvgIpc) is 3.52. The molecule has 0 bridgehead atoms. The highest BCUT2D eigenvalue weighted by atomic mass is 19.1. The number of ether oxygens (including phenoxy) is 1. The Kier molecular flexibility index (Phi) is 5.57. The smallest absolute Gasteiger partial charge is 0.276 e. The van der Waals surface area contributed by atoms with E-state index in [-0.39, 0.29) is 17.9 Å². The van der Waals surface area contributed by atoms with Crippen LogP contribution in [-0.4, -0.2) is 64.9 Å². The van der Waals surface area contributed by atoms with Crippen molar-refractivity contribution in [3.8, 4) is 17.1 Å². The van der Waals surface area contributed by atoms with Crippen molar-refractivity contribution in [1.82, 2.24) is 39.6 Å². The van der Waals surface area contributed by atoms with E-state index in [0.717, 1.165) is 12.3 Å². The first kappa shape index (κ1) is 20.8. The van der Waals surface area contributed by atoms with Gasteiger partial charge in [0.25, 0.3) is 5.91 Å². The van der Waals surface area contributed by atoms with Gasteiger partial charge in [0.15, 0.2) is 11.9 Å². The maximum absolute atomic E-state index is 13.9. The van der Waals surface area contributed by atoms with Crippen molar-refractivity contribution in [1.29, 1.82) is 0 Å². The third-order valence-electron chi connectivity index (χ3n) is 5.11. The molecule has 1 aliphatic heterocycles.